The summed E-state index contributed by atoms with van der Waals surface area (Å²) in [5.74, 6) is 0.871. The van der Waals surface area contributed by atoms with Gasteiger partial charge in [0.1, 0.15) is 4.99 Å². The highest BCUT2D eigenvalue weighted by Gasteiger charge is 2.33. The second-order valence-electron chi connectivity index (χ2n) is 5.50. The largest absolute Gasteiger partial charge is 0.389 e. The van der Waals surface area contributed by atoms with Crippen molar-refractivity contribution in [2.75, 3.05) is 0 Å². The smallest absolute Gasteiger partial charge is 0.241 e. The first kappa shape index (κ1) is 15.4. The summed E-state index contributed by atoms with van der Waals surface area (Å²) in [4.78, 5) is 0.262. The number of hydrogen-bond acceptors (Lipinski definition) is 3. The summed E-state index contributed by atoms with van der Waals surface area (Å²) in [5, 5.41) is 0. The van der Waals surface area contributed by atoms with E-state index in [0.717, 1.165) is 12.8 Å². The second-order valence-corrected chi connectivity index (χ2v) is 7.62. The molecule has 3 N–H and O–H groups in total. The fraction of sp³-hybridized carbons (Fsp3) is 0.500. The van der Waals surface area contributed by atoms with Crippen molar-refractivity contribution in [3.05, 3.63) is 29.8 Å². The van der Waals surface area contributed by atoms with E-state index in [-0.39, 0.29) is 15.9 Å². The van der Waals surface area contributed by atoms with Crippen LogP contribution < -0.4 is 10.5 Å². The van der Waals surface area contributed by atoms with Crippen molar-refractivity contribution < 1.29 is 8.42 Å². The first-order valence-electron chi connectivity index (χ1n) is 6.74. The lowest BCUT2D eigenvalue weighted by Gasteiger charge is -2.20. The van der Waals surface area contributed by atoms with Crippen LogP contribution in [0.2, 0.25) is 0 Å². The molecule has 0 heterocycles. The van der Waals surface area contributed by atoms with Gasteiger partial charge in [0.2, 0.25) is 10.0 Å². The van der Waals surface area contributed by atoms with Crippen LogP contribution in [0.3, 0.4) is 0 Å². The van der Waals surface area contributed by atoms with Gasteiger partial charge in [0.15, 0.2) is 0 Å². The molecule has 0 radical (unpaired) electrons. The highest BCUT2D eigenvalue weighted by Crippen LogP contribution is 2.32. The van der Waals surface area contributed by atoms with E-state index in [1.807, 2.05) is 0 Å². The van der Waals surface area contributed by atoms with Crippen molar-refractivity contribution in [1.82, 2.24) is 4.72 Å². The molecule has 1 aliphatic carbocycles. The molecule has 4 nitrogen and oxygen atoms in total. The summed E-state index contributed by atoms with van der Waals surface area (Å²) < 4.78 is 27.9. The number of thiocarbonyl (C=S) groups is 1. The van der Waals surface area contributed by atoms with E-state index in [1.165, 1.54) is 0 Å². The number of sulfonamides is 1. The third-order valence-electron chi connectivity index (χ3n) is 4.21. The zero-order valence-electron chi connectivity index (χ0n) is 11.7. The Hall–Kier alpha value is -0.980. The SMILES string of the molecule is CC1CCC(NS(=O)(=O)c2ccccc2C(N)=S)C1C. The highest BCUT2D eigenvalue weighted by molar-refractivity contribution is 7.89. The molecule has 6 heteroatoms. The summed E-state index contributed by atoms with van der Waals surface area (Å²) in [5.41, 5.74) is 6.00. The van der Waals surface area contributed by atoms with Crippen LogP contribution in [0.5, 0.6) is 0 Å². The minimum atomic E-state index is -3.59. The van der Waals surface area contributed by atoms with Gasteiger partial charge in [-0.2, -0.15) is 0 Å². The van der Waals surface area contributed by atoms with Gasteiger partial charge in [0, 0.05) is 11.6 Å². The molecule has 0 aliphatic heterocycles. The maximum Gasteiger partial charge on any atom is 0.241 e. The zero-order valence-corrected chi connectivity index (χ0v) is 13.3. The summed E-state index contributed by atoms with van der Waals surface area (Å²) in [6.07, 6.45) is 1.92. The van der Waals surface area contributed by atoms with Gasteiger partial charge in [-0.3, -0.25) is 0 Å². The monoisotopic (exact) mass is 312 g/mol. The Bertz CT molecular complexity index is 613. The minimum absolute atomic E-state index is 0.0191. The van der Waals surface area contributed by atoms with E-state index in [0.29, 0.717) is 17.4 Å². The normalized spacial score (nSPS) is 26.6. The van der Waals surface area contributed by atoms with Gasteiger partial charge in [0.25, 0.3) is 0 Å². The molecule has 3 atom stereocenters. The Morgan fingerprint density at radius 2 is 1.95 bits per heavy atom. The van der Waals surface area contributed by atoms with Crippen LogP contribution in [0, 0.1) is 11.8 Å². The Morgan fingerprint density at radius 3 is 2.50 bits per heavy atom. The maximum absolute atomic E-state index is 12.5. The van der Waals surface area contributed by atoms with Crippen LogP contribution in [0.15, 0.2) is 29.2 Å². The summed E-state index contributed by atoms with van der Waals surface area (Å²) >= 11 is 4.93. The molecule has 1 saturated carbocycles. The van der Waals surface area contributed by atoms with Crippen LogP contribution in [-0.2, 0) is 10.0 Å². The first-order valence-corrected chi connectivity index (χ1v) is 8.63. The molecule has 2 rings (SSSR count). The van der Waals surface area contributed by atoms with Crippen LogP contribution in [-0.4, -0.2) is 19.4 Å². The predicted octanol–water partition coefficient (Wildman–Crippen LogP) is 2.03. The zero-order chi connectivity index (χ0) is 14.9. The van der Waals surface area contributed by atoms with Crippen molar-refractivity contribution in [2.45, 2.75) is 37.6 Å². The van der Waals surface area contributed by atoms with Crippen molar-refractivity contribution in [3.63, 3.8) is 0 Å². The maximum atomic E-state index is 12.5. The lowest BCUT2D eigenvalue weighted by molar-refractivity contribution is 0.402. The van der Waals surface area contributed by atoms with E-state index < -0.39 is 10.0 Å². The molecule has 20 heavy (non-hydrogen) atoms. The molecule has 0 spiro atoms. The second kappa shape index (κ2) is 5.79. The Kier molecular flexibility index (Phi) is 4.46. The topological polar surface area (TPSA) is 72.2 Å². The minimum Gasteiger partial charge on any atom is -0.389 e. The van der Waals surface area contributed by atoms with Gasteiger partial charge >= 0.3 is 0 Å². The summed E-state index contributed by atoms with van der Waals surface area (Å²) in [6.45, 7) is 4.24. The molecule has 1 aliphatic rings. The molecule has 1 aromatic rings. The standard InChI is InChI=1S/C14H20N2O2S2/c1-9-7-8-12(10(9)2)16-20(17,18)13-6-4-3-5-11(13)14(15)19/h3-6,9-10,12,16H,7-8H2,1-2H3,(H2,15,19). The number of nitrogens with one attached hydrogen (secondary N) is 1. The molecule has 0 aromatic heterocycles. The van der Waals surface area contributed by atoms with Crippen LogP contribution in [0.25, 0.3) is 0 Å². The number of benzene rings is 1. The average Bonchev–Trinajstić information content (AvgIpc) is 2.70. The quantitative estimate of drug-likeness (QED) is 0.835. The van der Waals surface area contributed by atoms with E-state index in [4.69, 9.17) is 18.0 Å². The third kappa shape index (κ3) is 3.02. The fourth-order valence-corrected chi connectivity index (χ4v) is 4.52. The van der Waals surface area contributed by atoms with E-state index in [2.05, 4.69) is 18.6 Å². The number of rotatable bonds is 4. The molecular formula is C14H20N2O2S2. The molecule has 3 unspecified atom stereocenters. The van der Waals surface area contributed by atoms with E-state index in [9.17, 15) is 8.42 Å². The molecular weight excluding hydrogens is 292 g/mol. The van der Waals surface area contributed by atoms with E-state index in [1.54, 1.807) is 24.3 Å². The van der Waals surface area contributed by atoms with Crippen molar-refractivity contribution in [1.29, 1.82) is 0 Å². The van der Waals surface area contributed by atoms with Crippen molar-refractivity contribution in [2.24, 2.45) is 17.6 Å². The lowest BCUT2D eigenvalue weighted by Crippen LogP contribution is -2.38. The van der Waals surface area contributed by atoms with Crippen molar-refractivity contribution >= 4 is 27.2 Å². The fourth-order valence-electron chi connectivity index (χ4n) is 2.70. The van der Waals surface area contributed by atoms with Crippen molar-refractivity contribution in [3.8, 4) is 0 Å². The van der Waals surface area contributed by atoms with Gasteiger partial charge < -0.3 is 5.73 Å². The van der Waals surface area contributed by atoms with Crippen LogP contribution in [0.1, 0.15) is 32.3 Å². The highest BCUT2D eigenvalue weighted by atomic mass is 32.2. The van der Waals surface area contributed by atoms with Gasteiger partial charge in [-0.05, 0) is 30.7 Å². The Morgan fingerprint density at radius 1 is 1.30 bits per heavy atom. The Balaban J connectivity index is 2.30. The van der Waals surface area contributed by atoms with Crippen LogP contribution in [0.4, 0.5) is 0 Å². The Labute approximate surface area is 125 Å². The van der Waals surface area contributed by atoms with Crippen LogP contribution >= 0.6 is 12.2 Å². The lowest BCUT2D eigenvalue weighted by atomic mass is 9.98. The number of nitrogens with two attached hydrogens (primary N) is 1. The molecule has 0 bridgehead atoms. The van der Waals surface area contributed by atoms with E-state index >= 15 is 0 Å². The van der Waals surface area contributed by atoms with Gasteiger partial charge in [-0.25, -0.2) is 13.1 Å². The molecule has 0 saturated heterocycles. The molecule has 1 aromatic carbocycles. The molecule has 0 amide bonds. The number of hydrogen-bond donors (Lipinski definition) is 2. The summed E-state index contributed by atoms with van der Waals surface area (Å²) in [6, 6.07) is 6.57. The van der Waals surface area contributed by atoms with Gasteiger partial charge in [0.05, 0.1) is 4.90 Å². The van der Waals surface area contributed by atoms with Gasteiger partial charge in [-0.1, -0.05) is 44.3 Å². The molecule has 110 valence electrons. The summed E-state index contributed by atoms with van der Waals surface area (Å²) in [7, 11) is -3.59. The third-order valence-corrected chi connectivity index (χ3v) is 5.98. The average molecular weight is 312 g/mol. The van der Waals surface area contributed by atoms with Gasteiger partial charge in [-0.15, -0.1) is 0 Å². The first-order chi connectivity index (χ1) is 9.33. The predicted molar refractivity (Wildman–Crippen MR) is 84.0 cm³/mol. The molecule has 1 fully saturated rings.